The number of rotatable bonds is 6. The summed E-state index contributed by atoms with van der Waals surface area (Å²) in [5.41, 5.74) is 2.28. The van der Waals surface area contributed by atoms with Gasteiger partial charge in [-0.15, -0.1) is 11.3 Å². The molecule has 0 radical (unpaired) electrons. The first-order chi connectivity index (χ1) is 9.58. The fraction of sp³-hybridized carbons (Fsp3) is 0.438. The van der Waals surface area contributed by atoms with Crippen LogP contribution in [-0.2, 0) is 19.4 Å². The highest BCUT2D eigenvalue weighted by Crippen LogP contribution is 2.22. The lowest BCUT2D eigenvalue weighted by Crippen LogP contribution is -2.21. The minimum atomic E-state index is -0.191. The van der Waals surface area contributed by atoms with Crippen LogP contribution in [0.2, 0.25) is 0 Å². The minimum absolute atomic E-state index is 0.191. The van der Waals surface area contributed by atoms with Crippen molar-refractivity contribution in [3.8, 4) is 0 Å². The highest BCUT2D eigenvalue weighted by molar-refractivity contribution is 7.11. The molecule has 108 valence electrons. The predicted octanol–water partition coefficient (Wildman–Crippen LogP) is 3.93. The van der Waals surface area contributed by atoms with Crippen molar-refractivity contribution >= 4 is 11.3 Å². The summed E-state index contributed by atoms with van der Waals surface area (Å²) in [6.45, 7) is 7.30. The Morgan fingerprint density at radius 3 is 2.55 bits per heavy atom. The molecule has 0 aliphatic carbocycles. The van der Waals surface area contributed by atoms with Crippen LogP contribution >= 0.6 is 11.3 Å². The molecule has 1 N–H and O–H groups in total. The zero-order valence-corrected chi connectivity index (χ0v) is 13.1. The van der Waals surface area contributed by atoms with Crippen LogP contribution in [0.25, 0.3) is 0 Å². The monoisotopic (exact) mass is 292 g/mol. The number of aryl methyl sites for hydroxylation is 1. The first-order valence-electron chi connectivity index (χ1n) is 7.03. The standard InChI is InChI=1S/C16H21FN2S/c1-4-14-15(10-18-11(2)3)20-16(19-14)9-12-5-7-13(17)8-6-12/h5-8,11,18H,4,9-10H2,1-3H3. The Bertz CT molecular complexity index is 546. The van der Waals surface area contributed by atoms with Crippen LogP contribution in [0.1, 0.15) is 41.9 Å². The summed E-state index contributed by atoms with van der Waals surface area (Å²) in [6, 6.07) is 7.14. The van der Waals surface area contributed by atoms with E-state index in [9.17, 15) is 4.39 Å². The Kier molecular flexibility index (Phi) is 5.26. The molecule has 1 aromatic carbocycles. The third kappa shape index (κ3) is 4.12. The van der Waals surface area contributed by atoms with Gasteiger partial charge in [-0.3, -0.25) is 0 Å². The summed E-state index contributed by atoms with van der Waals surface area (Å²) in [4.78, 5) is 6.03. The van der Waals surface area contributed by atoms with Crippen LogP contribution in [0, 0.1) is 5.82 Å². The molecule has 1 heterocycles. The van der Waals surface area contributed by atoms with E-state index in [1.54, 1.807) is 11.3 Å². The third-order valence-corrected chi connectivity index (χ3v) is 4.19. The minimum Gasteiger partial charge on any atom is -0.310 e. The van der Waals surface area contributed by atoms with E-state index in [4.69, 9.17) is 4.98 Å². The molecule has 0 fully saturated rings. The number of halogens is 1. The SMILES string of the molecule is CCc1nc(Cc2ccc(F)cc2)sc1CNC(C)C. The van der Waals surface area contributed by atoms with Gasteiger partial charge in [-0.25, -0.2) is 9.37 Å². The van der Waals surface area contributed by atoms with Crippen molar-refractivity contribution in [2.75, 3.05) is 0 Å². The molecule has 2 rings (SSSR count). The smallest absolute Gasteiger partial charge is 0.123 e. The second kappa shape index (κ2) is 6.95. The molecule has 0 unspecified atom stereocenters. The molecule has 0 atom stereocenters. The van der Waals surface area contributed by atoms with E-state index in [-0.39, 0.29) is 5.82 Å². The van der Waals surface area contributed by atoms with E-state index in [1.165, 1.54) is 22.7 Å². The van der Waals surface area contributed by atoms with Gasteiger partial charge in [0.1, 0.15) is 5.82 Å². The lowest BCUT2D eigenvalue weighted by molar-refractivity contribution is 0.590. The highest BCUT2D eigenvalue weighted by Gasteiger charge is 2.10. The summed E-state index contributed by atoms with van der Waals surface area (Å²) in [5, 5.41) is 4.55. The lowest BCUT2D eigenvalue weighted by atomic mass is 10.1. The number of aromatic nitrogens is 1. The topological polar surface area (TPSA) is 24.9 Å². The Morgan fingerprint density at radius 2 is 1.95 bits per heavy atom. The van der Waals surface area contributed by atoms with Crippen LogP contribution in [-0.4, -0.2) is 11.0 Å². The summed E-state index contributed by atoms with van der Waals surface area (Å²) in [5.74, 6) is -0.191. The summed E-state index contributed by atoms with van der Waals surface area (Å²) >= 11 is 1.76. The average molecular weight is 292 g/mol. The van der Waals surface area contributed by atoms with Crippen LogP contribution in [0.5, 0.6) is 0 Å². The Hall–Kier alpha value is -1.26. The van der Waals surface area contributed by atoms with E-state index in [2.05, 4.69) is 26.1 Å². The largest absolute Gasteiger partial charge is 0.310 e. The van der Waals surface area contributed by atoms with Gasteiger partial charge in [-0.05, 0) is 24.1 Å². The summed E-state index contributed by atoms with van der Waals surface area (Å²) in [7, 11) is 0. The van der Waals surface area contributed by atoms with Crippen molar-refractivity contribution < 1.29 is 4.39 Å². The molecule has 0 saturated heterocycles. The lowest BCUT2D eigenvalue weighted by Gasteiger charge is -2.06. The number of hydrogen-bond acceptors (Lipinski definition) is 3. The molecular weight excluding hydrogens is 271 g/mol. The molecule has 0 aliphatic heterocycles. The van der Waals surface area contributed by atoms with Gasteiger partial charge in [0.05, 0.1) is 10.7 Å². The van der Waals surface area contributed by atoms with Gasteiger partial charge in [-0.2, -0.15) is 0 Å². The van der Waals surface area contributed by atoms with E-state index < -0.39 is 0 Å². The number of nitrogens with one attached hydrogen (secondary N) is 1. The van der Waals surface area contributed by atoms with Gasteiger partial charge >= 0.3 is 0 Å². The number of nitrogens with zero attached hydrogens (tertiary/aromatic N) is 1. The summed E-state index contributed by atoms with van der Waals surface area (Å²) in [6.07, 6.45) is 1.73. The fourth-order valence-corrected chi connectivity index (χ4v) is 3.14. The van der Waals surface area contributed by atoms with Gasteiger partial charge in [0.2, 0.25) is 0 Å². The van der Waals surface area contributed by atoms with E-state index in [0.29, 0.717) is 6.04 Å². The molecule has 2 nitrogen and oxygen atoms in total. The molecule has 0 spiro atoms. The van der Waals surface area contributed by atoms with Crippen molar-refractivity contribution in [2.45, 2.75) is 46.2 Å². The molecule has 0 saturated carbocycles. The number of hydrogen-bond donors (Lipinski definition) is 1. The van der Waals surface area contributed by atoms with E-state index in [1.807, 2.05) is 12.1 Å². The predicted molar refractivity (Wildman–Crippen MR) is 82.7 cm³/mol. The second-order valence-corrected chi connectivity index (χ2v) is 6.34. The molecule has 0 aliphatic rings. The van der Waals surface area contributed by atoms with Crippen molar-refractivity contribution in [3.63, 3.8) is 0 Å². The molecule has 1 aromatic heterocycles. The quantitative estimate of drug-likeness (QED) is 0.872. The molecule has 20 heavy (non-hydrogen) atoms. The zero-order chi connectivity index (χ0) is 14.5. The maximum absolute atomic E-state index is 12.9. The van der Waals surface area contributed by atoms with Crippen LogP contribution in [0.3, 0.4) is 0 Å². The molecule has 0 amide bonds. The van der Waals surface area contributed by atoms with Crippen LogP contribution in [0.4, 0.5) is 4.39 Å². The van der Waals surface area contributed by atoms with Gasteiger partial charge in [0.15, 0.2) is 0 Å². The maximum Gasteiger partial charge on any atom is 0.123 e. The van der Waals surface area contributed by atoms with Gasteiger partial charge in [-0.1, -0.05) is 32.9 Å². The number of thiazole rings is 1. The van der Waals surface area contributed by atoms with E-state index >= 15 is 0 Å². The molecule has 4 heteroatoms. The highest BCUT2D eigenvalue weighted by atomic mass is 32.1. The number of benzene rings is 1. The maximum atomic E-state index is 12.9. The normalized spacial score (nSPS) is 11.2. The van der Waals surface area contributed by atoms with Crippen LogP contribution in [0.15, 0.2) is 24.3 Å². The van der Waals surface area contributed by atoms with Crippen LogP contribution < -0.4 is 5.32 Å². The van der Waals surface area contributed by atoms with Crippen molar-refractivity contribution in [3.05, 3.63) is 51.2 Å². The Morgan fingerprint density at radius 1 is 1.25 bits per heavy atom. The molecule has 2 aromatic rings. The first-order valence-corrected chi connectivity index (χ1v) is 7.85. The average Bonchev–Trinajstić information content (AvgIpc) is 2.81. The molecule has 0 bridgehead atoms. The second-order valence-electron chi connectivity index (χ2n) is 5.17. The third-order valence-electron chi connectivity index (χ3n) is 3.10. The van der Waals surface area contributed by atoms with Crippen molar-refractivity contribution in [1.29, 1.82) is 0 Å². The van der Waals surface area contributed by atoms with Crippen molar-refractivity contribution in [2.24, 2.45) is 0 Å². The molecular formula is C16H21FN2S. The van der Waals surface area contributed by atoms with Gasteiger partial charge in [0.25, 0.3) is 0 Å². The van der Waals surface area contributed by atoms with Gasteiger partial charge in [0, 0.05) is 23.9 Å². The van der Waals surface area contributed by atoms with Gasteiger partial charge < -0.3 is 5.32 Å². The zero-order valence-electron chi connectivity index (χ0n) is 12.2. The van der Waals surface area contributed by atoms with E-state index in [0.717, 1.165) is 30.0 Å². The Labute approximate surface area is 124 Å². The van der Waals surface area contributed by atoms with Crippen molar-refractivity contribution in [1.82, 2.24) is 10.3 Å². The summed E-state index contributed by atoms with van der Waals surface area (Å²) < 4.78 is 12.9. The Balaban J connectivity index is 2.10. The first kappa shape index (κ1) is 15.1. The fourth-order valence-electron chi connectivity index (χ4n) is 2.00.